The Kier molecular flexibility index (Phi) is 6.44. The molecule has 5 rings (SSSR count). The van der Waals surface area contributed by atoms with Gasteiger partial charge in [0.2, 0.25) is 0 Å². The van der Waals surface area contributed by atoms with E-state index in [0.717, 1.165) is 53.9 Å². The van der Waals surface area contributed by atoms with Crippen LogP contribution in [0.5, 0.6) is 0 Å². The molecule has 1 saturated heterocycles. The fourth-order valence-corrected chi connectivity index (χ4v) is 7.53. The summed E-state index contributed by atoms with van der Waals surface area (Å²) in [6, 6.07) is 6.42. The molecule has 0 radical (unpaired) electrons. The van der Waals surface area contributed by atoms with Crippen LogP contribution < -0.4 is 11.1 Å². The van der Waals surface area contributed by atoms with Crippen LogP contribution >= 0.6 is 22.7 Å². The quantitative estimate of drug-likeness (QED) is 0.425. The van der Waals surface area contributed by atoms with Crippen LogP contribution in [0.4, 0.5) is 0 Å². The van der Waals surface area contributed by atoms with Gasteiger partial charge < -0.3 is 16.0 Å². The Bertz CT molecular complexity index is 1270. The van der Waals surface area contributed by atoms with E-state index in [-0.39, 0.29) is 12.1 Å². The number of nitrogens with one attached hydrogen (secondary N) is 2. The van der Waals surface area contributed by atoms with Gasteiger partial charge in [-0.2, -0.15) is 10.5 Å². The van der Waals surface area contributed by atoms with Gasteiger partial charge in [0.1, 0.15) is 6.04 Å². The number of thiophene rings is 2. The number of aryl methyl sites for hydroxylation is 2. The van der Waals surface area contributed by atoms with E-state index in [2.05, 4.69) is 61.9 Å². The third kappa shape index (κ3) is 4.16. The number of primary amides is 1. The molecule has 9 nitrogen and oxygen atoms in total. The number of nitrogens with two attached hydrogens (primary N) is 1. The van der Waals surface area contributed by atoms with Crippen LogP contribution in [0, 0.1) is 11.3 Å². The van der Waals surface area contributed by atoms with E-state index in [1.54, 1.807) is 11.3 Å². The zero-order chi connectivity index (χ0) is 24.6. The highest BCUT2D eigenvalue weighted by Crippen LogP contribution is 2.49. The van der Waals surface area contributed by atoms with Crippen molar-refractivity contribution in [3.05, 3.63) is 61.4 Å². The largest absolute Gasteiger partial charge is 0.365 e. The number of rotatable bonds is 8. The number of carbonyl (C=O) groups excluding carboxylic acids is 1. The van der Waals surface area contributed by atoms with Crippen molar-refractivity contribution in [3.63, 3.8) is 0 Å². The number of aromatic nitrogens is 4. The van der Waals surface area contributed by atoms with Crippen LogP contribution in [-0.4, -0.2) is 56.6 Å². The van der Waals surface area contributed by atoms with Gasteiger partial charge in [0, 0.05) is 34.6 Å². The standard InChI is InChI=1S/C24H28N8OS2/c1-14(27-13-15(2)32-8-3-4-16(32)12-25)11-24(23-28-30-31-29-23)17-7-9-34-19(17)5-6-20-18(24)10-21(35-20)22(26)33/h7,9-10,14,16,27H,2-6,8,11,13H2,1H3,(H2,26,33)(H,28,29,30,31)/t14-,16?,24?/m1/s1. The molecule has 3 aromatic heterocycles. The SMILES string of the molecule is C=C(CN[C@H](C)CC1(c2nn[nH]n2)c2ccsc2CCc2sc(C(N)=O)cc21)N1CCCC1C#N. The van der Waals surface area contributed by atoms with E-state index < -0.39 is 11.3 Å². The summed E-state index contributed by atoms with van der Waals surface area (Å²) in [6.45, 7) is 7.84. The molecule has 1 fully saturated rings. The Labute approximate surface area is 212 Å². The van der Waals surface area contributed by atoms with Crippen LogP contribution in [0.25, 0.3) is 0 Å². The first kappa shape index (κ1) is 23.7. The number of nitriles is 1. The first-order chi connectivity index (χ1) is 16.9. The van der Waals surface area contributed by atoms with Gasteiger partial charge in [0.15, 0.2) is 5.82 Å². The zero-order valence-corrected chi connectivity index (χ0v) is 21.2. The average molecular weight is 509 g/mol. The molecule has 35 heavy (non-hydrogen) atoms. The van der Waals surface area contributed by atoms with E-state index >= 15 is 0 Å². The van der Waals surface area contributed by atoms with Crippen molar-refractivity contribution in [3.8, 4) is 6.07 Å². The molecule has 0 saturated carbocycles. The van der Waals surface area contributed by atoms with Crippen molar-refractivity contribution in [2.45, 2.75) is 56.5 Å². The molecule has 11 heteroatoms. The van der Waals surface area contributed by atoms with Gasteiger partial charge in [-0.25, -0.2) is 0 Å². The van der Waals surface area contributed by atoms with Gasteiger partial charge >= 0.3 is 0 Å². The lowest BCUT2D eigenvalue weighted by Crippen LogP contribution is -2.41. The van der Waals surface area contributed by atoms with Crippen LogP contribution in [0.1, 0.15) is 62.6 Å². The number of amides is 1. The minimum Gasteiger partial charge on any atom is -0.365 e. The van der Waals surface area contributed by atoms with Crippen molar-refractivity contribution < 1.29 is 4.79 Å². The Morgan fingerprint density at radius 1 is 1.46 bits per heavy atom. The fourth-order valence-electron chi connectivity index (χ4n) is 5.48. The third-order valence-electron chi connectivity index (χ3n) is 7.10. The molecular formula is C24H28N8OS2. The molecule has 0 aromatic carbocycles. The smallest absolute Gasteiger partial charge is 0.258 e. The van der Waals surface area contributed by atoms with Gasteiger partial charge in [0.05, 0.1) is 16.4 Å². The maximum Gasteiger partial charge on any atom is 0.258 e. The molecule has 1 amide bonds. The highest BCUT2D eigenvalue weighted by atomic mass is 32.1. The number of carbonyl (C=O) groups is 1. The number of H-pyrrole nitrogens is 1. The number of hydrogen-bond donors (Lipinski definition) is 3. The monoisotopic (exact) mass is 508 g/mol. The molecule has 1 aliphatic carbocycles. The predicted molar refractivity (Wildman–Crippen MR) is 135 cm³/mol. The number of hydrogen-bond acceptors (Lipinski definition) is 9. The van der Waals surface area contributed by atoms with Crippen LogP contribution in [0.2, 0.25) is 0 Å². The maximum atomic E-state index is 12.1. The molecule has 2 unspecified atom stereocenters. The fraction of sp³-hybridized carbons (Fsp3) is 0.458. The maximum absolute atomic E-state index is 12.1. The highest BCUT2D eigenvalue weighted by molar-refractivity contribution is 7.14. The molecule has 2 aliphatic rings. The third-order valence-corrected chi connectivity index (χ3v) is 9.29. The van der Waals surface area contributed by atoms with E-state index in [1.807, 2.05) is 6.07 Å². The number of tetrazole rings is 1. The molecule has 4 N–H and O–H groups in total. The summed E-state index contributed by atoms with van der Waals surface area (Å²) < 4.78 is 0. The minimum atomic E-state index is -0.672. The molecule has 4 heterocycles. The molecule has 0 bridgehead atoms. The zero-order valence-electron chi connectivity index (χ0n) is 19.6. The normalized spacial score (nSPS) is 22.2. The lowest BCUT2D eigenvalue weighted by Gasteiger charge is -2.34. The predicted octanol–water partition coefficient (Wildman–Crippen LogP) is 2.72. The molecule has 1 aliphatic heterocycles. The average Bonchev–Trinajstić information content (AvgIpc) is 3.65. The summed E-state index contributed by atoms with van der Waals surface area (Å²) in [7, 11) is 0. The Morgan fingerprint density at radius 3 is 3.03 bits per heavy atom. The van der Waals surface area contributed by atoms with E-state index in [4.69, 9.17) is 5.73 Å². The number of fused-ring (bicyclic) bond motifs is 2. The van der Waals surface area contributed by atoms with Crippen molar-refractivity contribution in [2.75, 3.05) is 13.1 Å². The van der Waals surface area contributed by atoms with Gasteiger partial charge in [-0.05, 0) is 67.7 Å². The van der Waals surface area contributed by atoms with Crippen LogP contribution in [0.3, 0.4) is 0 Å². The van der Waals surface area contributed by atoms with Crippen LogP contribution in [0.15, 0.2) is 29.8 Å². The van der Waals surface area contributed by atoms with Crippen molar-refractivity contribution >= 4 is 28.6 Å². The summed E-state index contributed by atoms with van der Waals surface area (Å²) in [5.74, 6) is 0.168. The first-order valence-corrected chi connectivity index (χ1v) is 13.4. The summed E-state index contributed by atoms with van der Waals surface area (Å²) in [5, 5.41) is 30.7. The van der Waals surface area contributed by atoms with Crippen LogP contribution in [-0.2, 0) is 18.3 Å². The molecule has 0 spiro atoms. The summed E-state index contributed by atoms with van der Waals surface area (Å²) in [4.78, 5) is 17.2. The second-order valence-corrected chi connectivity index (χ2v) is 11.4. The first-order valence-electron chi connectivity index (χ1n) is 11.7. The second-order valence-electron chi connectivity index (χ2n) is 9.24. The van der Waals surface area contributed by atoms with Crippen molar-refractivity contribution in [2.24, 2.45) is 5.73 Å². The van der Waals surface area contributed by atoms with Gasteiger partial charge in [-0.1, -0.05) is 11.8 Å². The molecule has 182 valence electrons. The van der Waals surface area contributed by atoms with E-state index in [1.165, 1.54) is 16.2 Å². The second kappa shape index (κ2) is 9.53. The lowest BCUT2D eigenvalue weighted by atomic mass is 9.70. The van der Waals surface area contributed by atoms with Gasteiger partial charge in [-0.3, -0.25) is 4.79 Å². The molecular weight excluding hydrogens is 480 g/mol. The van der Waals surface area contributed by atoms with Gasteiger partial charge in [-0.15, -0.1) is 32.9 Å². The molecule has 3 atom stereocenters. The highest BCUT2D eigenvalue weighted by Gasteiger charge is 2.47. The topological polar surface area (TPSA) is 137 Å². The Hall–Kier alpha value is -3.07. The number of aromatic amines is 1. The minimum absolute atomic E-state index is 0.0454. The van der Waals surface area contributed by atoms with Crippen molar-refractivity contribution in [1.29, 1.82) is 5.26 Å². The lowest BCUT2D eigenvalue weighted by molar-refractivity contribution is 0.100. The summed E-state index contributed by atoms with van der Waals surface area (Å²) in [5.41, 5.74) is 8.14. The van der Waals surface area contributed by atoms with E-state index in [0.29, 0.717) is 23.7 Å². The van der Waals surface area contributed by atoms with E-state index in [9.17, 15) is 10.1 Å². The van der Waals surface area contributed by atoms with Crippen molar-refractivity contribution in [1.82, 2.24) is 30.8 Å². The Balaban J connectivity index is 1.50. The van der Waals surface area contributed by atoms with Gasteiger partial charge in [0.25, 0.3) is 5.91 Å². The molecule has 3 aromatic rings. The number of nitrogens with zero attached hydrogens (tertiary/aromatic N) is 5. The summed E-state index contributed by atoms with van der Waals surface area (Å²) in [6.07, 6.45) is 4.28. The summed E-state index contributed by atoms with van der Waals surface area (Å²) >= 11 is 3.21. The Morgan fingerprint density at radius 2 is 2.29 bits per heavy atom. The number of likely N-dealkylation sites (tertiary alicyclic amines) is 1.